The van der Waals surface area contributed by atoms with Gasteiger partial charge in [-0.25, -0.2) is 0 Å². The van der Waals surface area contributed by atoms with Gasteiger partial charge in [0, 0.05) is 17.4 Å². The van der Waals surface area contributed by atoms with Gasteiger partial charge in [0.1, 0.15) is 22.1 Å². The molecule has 0 aliphatic carbocycles. The molecule has 0 N–H and O–H groups in total. The molecule has 0 spiro atoms. The van der Waals surface area contributed by atoms with Gasteiger partial charge in [-0.3, -0.25) is 9.36 Å². The Hall–Kier alpha value is -3.28. The topological polar surface area (TPSA) is 76.5 Å². The smallest absolute Gasteiger partial charge is 0.273 e. The Bertz CT molecular complexity index is 1540. The molecule has 33 heavy (non-hydrogen) atoms. The van der Waals surface area contributed by atoms with Crippen LogP contribution in [0.3, 0.4) is 0 Å². The first-order valence-electron chi connectivity index (χ1n) is 10.8. The molecule has 0 saturated heterocycles. The Labute approximate surface area is 202 Å². The van der Waals surface area contributed by atoms with Gasteiger partial charge in [0.15, 0.2) is 5.82 Å². The molecule has 5 rings (SSSR count). The fourth-order valence-electron chi connectivity index (χ4n) is 4.07. The van der Waals surface area contributed by atoms with Crippen molar-refractivity contribution in [3.05, 3.63) is 95.8 Å². The summed E-state index contributed by atoms with van der Waals surface area (Å²) in [5.41, 5.74) is 1.83. The zero-order chi connectivity index (χ0) is 22.8. The molecule has 3 heterocycles. The number of benzene rings is 2. The molecule has 2 aromatic carbocycles. The van der Waals surface area contributed by atoms with Crippen LogP contribution < -0.4 is 14.8 Å². The SMILES string of the molecule is N#C/C(c1nnc2n1CCCCC2)=c1/s/c(=C/c2cccc(Br)c2)c(=O)n1-c1ccccc1. The zero-order valence-electron chi connectivity index (χ0n) is 17.7. The molecule has 164 valence electrons. The second-order valence-corrected chi connectivity index (χ2v) is 9.78. The van der Waals surface area contributed by atoms with E-state index in [-0.39, 0.29) is 5.56 Å². The third-order valence-electron chi connectivity index (χ3n) is 5.64. The van der Waals surface area contributed by atoms with Gasteiger partial charge in [0.25, 0.3) is 5.56 Å². The van der Waals surface area contributed by atoms with Crippen LogP contribution in [0.2, 0.25) is 0 Å². The quantitative estimate of drug-likeness (QED) is 0.416. The van der Waals surface area contributed by atoms with Crippen molar-refractivity contribution in [2.45, 2.75) is 32.2 Å². The van der Waals surface area contributed by atoms with Crippen molar-refractivity contribution >= 4 is 38.9 Å². The van der Waals surface area contributed by atoms with E-state index in [0.717, 1.165) is 48.1 Å². The molecule has 0 radical (unpaired) electrons. The third-order valence-corrected chi connectivity index (χ3v) is 7.23. The number of para-hydroxylation sites is 1. The van der Waals surface area contributed by atoms with Gasteiger partial charge in [-0.05, 0) is 48.7 Å². The fourth-order valence-corrected chi connectivity index (χ4v) is 5.59. The van der Waals surface area contributed by atoms with E-state index < -0.39 is 0 Å². The lowest BCUT2D eigenvalue weighted by Crippen LogP contribution is -2.31. The highest BCUT2D eigenvalue weighted by atomic mass is 79.9. The highest BCUT2D eigenvalue weighted by Crippen LogP contribution is 2.18. The lowest BCUT2D eigenvalue weighted by molar-refractivity contribution is 0.627. The maximum atomic E-state index is 13.6. The molecule has 1 aliphatic rings. The number of aryl methyl sites for hydroxylation is 1. The Balaban J connectivity index is 1.83. The van der Waals surface area contributed by atoms with E-state index in [1.165, 1.54) is 11.3 Å². The van der Waals surface area contributed by atoms with Gasteiger partial charge in [0.2, 0.25) is 0 Å². The second kappa shape index (κ2) is 9.30. The highest BCUT2D eigenvalue weighted by Gasteiger charge is 2.21. The fraction of sp³-hybridized carbons (Fsp3) is 0.200. The molecule has 0 atom stereocenters. The van der Waals surface area contributed by atoms with Crippen LogP contribution in [0.25, 0.3) is 17.3 Å². The Kier molecular flexibility index (Phi) is 6.07. The van der Waals surface area contributed by atoms with Crippen molar-refractivity contribution in [2.24, 2.45) is 0 Å². The molecule has 0 saturated carbocycles. The molecule has 0 bridgehead atoms. The second-order valence-electron chi connectivity index (χ2n) is 7.84. The van der Waals surface area contributed by atoms with Crippen molar-refractivity contribution in [3.63, 3.8) is 0 Å². The number of rotatable bonds is 3. The molecular weight excluding hydrogens is 498 g/mol. The lowest BCUT2D eigenvalue weighted by atomic mass is 10.2. The third kappa shape index (κ3) is 4.22. The van der Waals surface area contributed by atoms with Crippen LogP contribution in [0.15, 0.2) is 63.9 Å². The molecule has 8 heteroatoms. The van der Waals surface area contributed by atoms with Crippen molar-refractivity contribution < 1.29 is 0 Å². The van der Waals surface area contributed by atoms with E-state index in [0.29, 0.717) is 26.3 Å². The largest absolute Gasteiger partial charge is 0.310 e. The van der Waals surface area contributed by atoms with Gasteiger partial charge >= 0.3 is 0 Å². The molecule has 4 aromatic rings. The maximum Gasteiger partial charge on any atom is 0.273 e. The number of nitriles is 1. The van der Waals surface area contributed by atoms with E-state index in [1.54, 1.807) is 4.57 Å². The predicted octanol–water partition coefficient (Wildman–Crippen LogP) is 3.53. The molecule has 0 fully saturated rings. The van der Waals surface area contributed by atoms with Crippen LogP contribution in [0.1, 0.15) is 36.5 Å². The van der Waals surface area contributed by atoms with Crippen LogP contribution in [-0.2, 0) is 13.0 Å². The lowest BCUT2D eigenvalue weighted by Gasteiger charge is -2.07. The number of halogens is 1. The number of hydrogen-bond donors (Lipinski definition) is 0. The van der Waals surface area contributed by atoms with Crippen LogP contribution >= 0.6 is 27.3 Å². The highest BCUT2D eigenvalue weighted by molar-refractivity contribution is 9.10. The van der Waals surface area contributed by atoms with E-state index >= 15 is 0 Å². The van der Waals surface area contributed by atoms with Crippen molar-refractivity contribution in [1.82, 2.24) is 19.3 Å². The number of nitrogens with zero attached hydrogens (tertiary/aromatic N) is 5. The minimum atomic E-state index is -0.162. The Morgan fingerprint density at radius 2 is 1.94 bits per heavy atom. The summed E-state index contributed by atoms with van der Waals surface area (Å²) in [5, 5.41) is 19.0. The van der Waals surface area contributed by atoms with E-state index in [2.05, 4.69) is 32.2 Å². The van der Waals surface area contributed by atoms with Gasteiger partial charge in [-0.15, -0.1) is 21.5 Å². The zero-order valence-corrected chi connectivity index (χ0v) is 20.1. The molecule has 0 unspecified atom stereocenters. The van der Waals surface area contributed by atoms with Gasteiger partial charge < -0.3 is 4.57 Å². The minimum absolute atomic E-state index is 0.162. The Morgan fingerprint density at radius 3 is 2.73 bits per heavy atom. The van der Waals surface area contributed by atoms with E-state index in [4.69, 9.17) is 0 Å². The summed E-state index contributed by atoms with van der Waals surface area (Å²) in [6.45, 7) is 0.779. The van der Waals surface area contributed by atoms with Crippen molar-refractivity contribution in [2.75, 3.05) is 0 Å². The molecule has 0 amide bonds. The number of thiazole rings is 1. The number of hydrogen-bond acceptors (Lipinski definition) is 5. The van der Waals surface area contributed by atoms with Crippen LogP contribution in [0, 0.1) is 11.3 Å². The van der Waals surface area contributed by atoms with Gasteiger partial charge in [0.05, 0.1) is 10.2 Å². The minimum Gasteiger partial charge on any atom is -0.310 e. The van der Waals surface area contributed by atoms with Crippen LogP contribution in [0.5, 0.6) is 0 Å². The normalized spacial score (nSPS) is 15.0. The first-order valence-corrected chi connectivity index (χ1v) is 12.4. The summed E-state index contributed by atoms with van der Waals surface area (Å²) >= 11 is 4.79. The molecular formula is C25H20BrN5OS. The van der Waals surface area contributed by atoms with Gasteiger partial charge in [-0.1, -0.05) is 52.7 Å². The number of fused-ring (bicyclic) bond motifs is 1. The summed E-state index contributed by atoms with van der Waals surface area (Å²) < 4.78 is 5.71. The van der Waals surface area contributed by atoms with Crippen molar-refractivity contribution in [3.8, 4) is 11.8 Å². The van der Waals surface area contributed by atoms with Gasteiger partial charge in [-0.2, -0.15) is 5.26 Å². The van der Waals surface area contributed by atoms with Crippen LogP contribution in [-0.4, -0.2) is 19.3 Å². The predicted molar refractivity (Wildman–Crippen MR) is 133 cm³/mol. The summed E-state index contributed by atoms with van der Waals surface area (Å²) in [6.07, 6.45) is 5.93. The monoisotopic (exact) mass is 517 g/mol. The molecule has 6 nitrogen and oxygen atoms in total. The summed E-state index contributed by atoms with van der Waals surface area (Å²) in [6, 6.07) is 19.5. The first-order chi connectivity index (χ1) is 16.2. The number of aromatic nitrogens is 4. The average Bonchev–Trinajstić information content (AvgIpc) is 3.26. The standard InChI is InChI=1S/C25H20BrN5OS/c26-18-9-7-8-17(14-18)15-21-24(32)31(19-10-3-1-4-11-19)25(33-21)20(16-27)23-29-28-22-12-5-2-6-13-30(22)23/h1,3-4,7-11,14-15H,2,5-6,12-13H2/b21-15+,25-20-. The summed E-state index contributed by atoms with van der Waals surface area (Å²) in [7, 11) is 0. The summed E-state index contributed by atoms with van der Waals surface area (Å²) in [5.74, 6) is 1.44. The average molecular weight is 518 g/mol. The van der Waals surface area contributed by atoms with Crippen molar-refractivity contribution in [1.29, 1.82) is 5.26 Å². The first kappa shape index (κ1) is 21.6. The Morgan fingerprint density at radius 1 is 1.09 bits per heavy atom. The maximum absolute atomic E-state index is 13.6. The summed E-state index contributed by atoms with van der Waals surface area (Å²) in [4.78, 5) is 13.6. The van der Waals surface area contributed by atoms with Crippen LogP contribution in [0.4, 0.5) is 0 Å². The van der Waals surface area contributed by atoms with E-state index in [1.807, 2.05) is 65.2 Å². The molecule has 2 aromatic heterocycles. The molecule has 1 aliphatic heterocycles. The van der Waals surface area contributed by atoms with E-state index in [9.17, 15) is 10.1 Å².